The number of carboxylic acid groups (broad SMARTS) is 1. The molecule has 2 aromatic carbocycles. The van der Waals surface area contributed by atoms with Crippen LogP contribution in [0.25, 0.3) is 44.2 Å². The topological polar surface area (TPSA) is 107 Å². The van der Waals surface area contributed by atoms with Gasteiger partial charge in [0.05, 0.1) is 47.9 Å². The Bertz CT molecular complexity index is 1740. The van der Waals surface area contributed by atoms with Crippen LogP contribution in [0.2, 0.25) is 0 Å². The van der Waals surface area contributed by atoms with Gasteiger partial charge in [-0.2, -0.15) is 10.2 Å². The number of aryl methyl sites for hydroxylation is 1. The van der Waals surface area contributed by atoms with Crippen molar-refractivity contribution >= 4 is 27.8 Å². The number of aliphatic carboxylic acids is 1. The summed E-state index contributed by atoms with van der Waals surface area (Å²) in [5.74, 6) is -1.05. The van der Waals surface area contributed by atoms with Gasteiger partial charge in [-0.25, -0.2) is 9.78 Å². The van der Waals surface area contributed by atoms with Crippen molar-refractivity contribution in [3.05, 3.63) is 83.3 Å². The van der Waals surface area contributed by atoms with Gasteiger partial charge in [-0.15, -0.1) is 0 Å². The molecule has 0 radical (unpaired) electrons. The van der Waals surface area contributed by atoms with Gasteiger partial charge in [0.15, 0.2) is 6.10 Å². The highest BCUT2D eigenvalue weighted by atomic mass is 16.5. The second-order valence-electron chi connectivity index (χ2n) is 10.8. The number of aromatic nitrogens is 4. The standard InChI is InChI=1S/C31H28N4O4/c1-17-13-24-21(7-8-23(35-24)18-10-12-33-34-14-18)27(25(17)29(30(36)37)39-31(2,3)4)22-6-5-19-15-38-16-20-9-11-32-28(22)26(19)20/h5-14,29H,15-16H2,1-4H3,(H,36,37)/t29-/m0/s1. The zero-order valence-corrected chi connectivity index (χ0v) is 22.2. The van der Waals surface area contributed by atoms with E-state index in [1.54, 1.807) is 18.6 Å². The van der Waals surface area contributed by atoms with Gasteiger partial charge in [0, 0.05) is 33.7 Å². The SMILES string of the molecule is Cc1cc2nc(-c3ccnnc3)ccc2c(-c2ccc3c4c(ccnc24)COC3)c1[C@H](OC(C)(C)C)C(=O)O. The Balaban J connectivity index is 1.70. The minimum absolute atomic E-state index is 0.507. The second-order valence-corrected chi connectivity index (χ2v) is 10.8. The van der Waals surface area contributed by atoms with Crippen LogP contribution in [0.1, 0.15) is 49.1 Å². The van der Waals surface area contributed by atoms with E-state index in [1.807, 2.05) is 70.2 Å². The first-order chi connectivity index (χ1) is 18.7. The summed E-state index contributed by atoms with van der Waals surface area (Å²) in [6, 6.07) is 13.7. The molecule has 196 valence electrons. The summed E-state index contributed by atoms with van der Waals surface area (Å²) in [5.41, 5.74) is 7.56. The molecule has 39 heavy (non-hydrogen) atoms. The third-order valence-electron chi connectivity index (χ3n) is 6.93. The molecule has 1 aliphatic heterocycles. The maximum absolute atomic E-state index is 12.7. The highest BCUT2D eigenvalue weighted by Crippen LogP contribution is 2.44. The van der Waals surface area contributed by atoms with Crippen molar-refractivity contribution in [1.29, 1.82) is 0 Å². The Morgan fingerprint density at radius 3 is 2.54 bits per heavy atom. The summed E-state index contributed by atoms with van der Waals surface area (Å²) in [5, 5.41) is 20.1. The lowest BCUT2D eigenvalue weighted by Gasteiger charge is -2.29. The van der Waals surface area contributed by atoms with E-state index in [-0.39, 0.29) is 0 Å². The summed E-state index contributed by atoms with van der Waals surface area (Å²) in [6.07, 6.45) is 3.89. The van der Waals surface area contributed by atoms with Crippen LogP contribution in [0.4, 0.5) is 0 Å². The first-order valence-electron chi connectivity index (χ1n) is 12.8. The van der Waals surface area contributed by atoms with Crippen LogP contribution < -0.4 is 0 Å². The zero-order chi connectivity index (χ0) is 27.3. The van der Waals surface area contributed by atoms with Crippen LogP contribution in [0, 0.1) is 6.92 Å². The minimum Gasteiger partial charge on any atom is -0.479 e. The average Bonchev–Trinajstić information content (AvgIpc) is 2.91. The number of pyridine rings is 2. The van der Waals surface area contributed by atoms with Gasteiger partial charge in [-0.1, -0.05) is 18.2 Å². The molecule has 0 unspecified atom stereocenters. The molecule has 0 aliphatic carbocycles. The Morgan fingerprint density at radius 2 is 1.82 bits per heavy atom. The normalized spacial score (nSPS) is 14.1. The maximum atomic E-state index is 12.7. The number of carboxylic acids is 1. The summed E-state index contributed by atoms with van der Waals surface area (Å²) < 4.78 is 12.0. The highest BCUT2D eigenvalue weighted by Gasteiger charge is 2.32. The van der Waals surface area contributed by atoms with E-state index >= 15 is 0 Å². The van der Waals surface area contributed by atoms with Crippen LogP contribution in [0.5, 0.6) is 0 Å². The molecule has 0 saturated carbocycles. The zero-order valence-electron chi connectivity index (χ0n) is 22.2. The molecule has 8 nitrogen and oxygen atoms in total. The molecule has 0 fully saturated rings. The van der Waals surface area contributed by atoms with E-state index in [4.69, 9.17) is 19.4 Å². The number of fused-ring (bicyclic) bond motifs is 1. The number of nitrogens with zero attached hydrogens (tertiary/aromatic N) is 4. The second kappa shape index (κ2) is 9.48. The fourth-order valence-electron chi connectivity index (χ4n) is 5.36. The van der Waals surface area contributed by atoms with Gasteiger partial charge in [-0.05, 0) is 74.2 Å². The van der Waals surface area contributed by atoms with E-state index < -0.39 is 17.7 Å². The molecule has 1 N–H and O–H groups in total. The number of hydrogen-bond acceptors (Lipinski definition) is 7. The van der Waals surface area contributed by atoms with E-state index in [9.17, 15) is 9.90 Å². The summed E-state index contributed by atoms with van der Waals surface area (Å²) in [4.78, 5) is 22.5. The monoisotopic (exact) mass is 520 g/mol. The molecule has 4 heterocycles. The Labute approximate surface area is 225 Å². The molecule has 0 bridgehead atoms. The third-order valence-corrected chi connectivity index (χ3v) is 6.93. The Hall–Kier alpha value is -4.27. The summed E-state index contributed by atoms with van der Waals surface area (Å²) >= 11 is 0. The number of hydrogen-bond donors (Lipinski definition) is 1. The summed E-state index contributed by atoms with van der Waals surface area (Å²) in [7, 11) is 0. The molecular formula is C31H28N4O4. The predicted molar refractivity (Wildman–Crippen MR) is 148 cm³/mol. The average molecular weight is 521 g/mol. The van der Waals surface area contributed by atoms with Crippen molar-refractivity contribution in [3.8, 4) is 22.4 Å². The number of rotatable bonds is 5. The molecule has 0 amide bonds. The van der Waals surface area contributed by atoms with Crippen LogP contribution in [-0.4, -0.2) is 36.8 Å². The molecule has 0 saturated heterocycles. The minimum atomic E-state index is -1.19. The number of ether oxygens (including phenoxy) is 2. The van der Waals surface area contributed by atoms with Crippen molar-refractivity contribution in [2.75, 3.05) is 0 Å². The van der Waals surface area contributed by atoms with Crippen LogP contribution in [0.3, 0.4) is 0 Å². The first-order valence-corrected chi connectivity index (χ1v) is 12.8. The number of carbonyl (C=O) groups is 1. The van der Waals surface area contributed by atoms with E-state index in [0.29, 0.717) is 18.8 Å². The highest BCUT2D eigenvalue weighted by molar-refractivity contribution is 6.07. The fourth-order valence-corrected chi connectivity index (χ4v) is 5.36. The quantitative estimate of drug-likeness (QED) is 0.292. The van der Waals surface area contributed by atoms with Gasteiger partial charge >= 0.3 is 5.97 Å². The van der Waals surface area contributed by atoms with E-state index in [2.05, 4.69) is 10.2 Å². The smallest absolute Gasteiger partial charge is 0.337 e. The Morgan fingerprint density at radius 1 is 1.03 bits per heavy atom. The van der Waals surface area contributed by atoms with Crippen molar-refractivity contribution in [2.45, 2.75) is 52.6 Å². The van der Waals surface area contributed by atoms with Gasteiger partial charge in [0.25, 0.3) is 0 Å². The molecule has 3 aromatic heterocycles. The lowest BCUT2D eigenvalue weighted by Crippen LogP contribution is -2.28. The molecular weight excluding hydrogens is 492 g/mol. The largest absolute Gasteiger partial charge is 0.479 e. The lowest BCUT2D eigenvalue weighted by molar-refractivity contribution is -0.160. The Kier molecular flexibility index (Phi) is 6.09. The number of benzene rings is 2. The van der Waals surface area contributed by atoms with Gasteiger partial charge < -0.3 is 14.6 Å². The lowest BCUT2D eigenvalue weighted by atomic mass is 9.86. The van der Waals surface area contributed by atoms with Gasteiger partial charge in [0.2, 0.25) is 0 Å². The molecule has 8 heteroatoms. The van der Waals surface area contributed by atoms with Crippen molar-refractivity contribution in [1.82, 2.24) is 20.2 Å². The third kappa shape index (κ3) is 4.51. The van der Waals surface area contributed by atoms with Gasteiger partial charge in [0.1, 0.15) is 0 Å². The predicted octanol–water partition coefficient (Wildman–Crippen LogP) is 6.19. The first kappa shape index (κ1) is 25.0. The van der Waals surface area contributed by atoms with E-state index in [1.165, 1.54) is 0 Å². The van der Waals surface area contributed by atoms with Crippen LogP contribution in [-0.2, 0) is 27.5 Å². The van der Waals surface area contributed by atoms with E-state index in [0.717, 1.165) is 60.9 Å². The molecule has 1 atom stereocenters. The molecule has 6 rings (SSSR count). The van der Waals surface area contributed by atoms with Crippen molar-refractivity contribution in [2.24, 2.45) is 0 Å². The summed E-state index contributed by atoms with van der Waals surface area (Å²) in [6.45, 7) is 8.51. The molecule has 1 aliphatic rings. The van der Waals surface area contributed by atoms with Gasteiger partial charge in [-0.3, -0.25) is 4.98 Å². The van der Waals surface area contributed by atoms with Crippen molar-refractivity contribution in [3.63, 3.8) is 0 Å². The fraction of sp³-hybridized carbons (Fsp3) is 0.258. The van der Waals surface area contributed by atoms with Crippen LogP contribution in [0.15, 0.2) is 61.1 Å². The molecule has 5 aromatic rings. The van der Waals surface area contributed by atoms with Crippen molar-refractivity contribution < 1.29 is 19.4 Å². The maximum Gasteiger partial charge on any atom is 0.337 e. The molecule has 0 spiro atoms. The van der Waals surface area contributed by atoms with Crippen LogP contribution >= 0.6 is 0 Å².